The zero-order valence-electron chi connectivity index (χ0n) is 19.7. The van der Waals surface area contributed by atoms with Crippen LogP contribution < -0.4 is 19.7 Å². The minimum atomic E-state index is -4.06. The van der Waals surface area contributed by atoms with Crippen molar-refractivity contribution in [3.05, 3.63) is 65.5 Å². The Balaban J connectivity index is 1.59. The molecular weight excluding hydrogens is 470 g/mol. The van der Waals surface area contributed by atoms with E-state index in [0.29, 0.717) is 43.4 Å². The topological polar surface area (TPSA) is 123 Å². The minimum Gasteiger partial charge on any atom is -0.480 e. The van der Waals surface area contributed by atoms with E-state index in [2.05, 4.69) is 20.0 Å². The third kappa shape index (κ3) is 5.52. The predicted molar refractivity (Wildman–Crippen MR) is 133 cm³/mol. The number of nitrogens with zero attached hydrogens (tertiary/aromatic N) is 3. The van der Waals surface area contributed by atoms with Crippen molar-refractivity contribution in [2.75, 3.05) is 48.4 Å². The molecule has 11 heteroatoms. The molecule has 0 atom stereocenters. The quantitative estimate of drug-likeness (QED) is 0.511. The van der Waals surface area contributed by atoms with Crippen LogP contribution in [0.2, 0.25) is 0 Å². The van der Waals surface area contributed by atoms with Gasteiger partial charge in [-0.05, 0) is 43.2 Å². The Bertz CT molecular complexity index is 1320. The first-order valence-electron chi connectivity index (χ1n) is 11.0. The highest BCUT2D eigenvalue weighted by Crippen LogP contribution is 2.29. The van der Waals surface area contributed by atoms with Gasteiger partial charge in [0.1, 0.15) is 5.82 Å². The lowest BCUT2D eigenvalue weighted by molar-refractivity contribution is 0.102. The van der Waals surface area contributed by atoms with E-state index in [9.17, 15) is 13.2 Å². The van der Waals surface area contributed by atoms with Gasteiger partial charge in [-0.25, -0.2) is 18.4 Å². The second-order valence-electron chi connectivity index (χ2n) is 8.06. The van der Waals surface area contributed by atoms with Crippen molar-refractivity contribution in [1.82, 2.24) is 9.97 Å². The molecular formula is C24H27N5O5S. The van der Waals surface area contributed by atoms with Crippen molar-refractivity contribution in [2.24, 2.45) is 0 Å². The molecule has 35 heavy (non-hydrogen) atoms. The summed E-state index contributed by atoms with van der Waals surface area (Å²) in [6.45, 7) is 6.21. The summed E-state index contributed by atoms with van der Waals surface area (Å²) in [5.74, 6) is 0.176. The van der Waals surface area contributed by atoms with Gasteiger partial charge in [-0.2, -0.15) is 0 Å². The third-order valence-corrected chi connectivity index (χ3v) is 6.96. The van der Waals surface area contributed by atoms with Crippen molar-refractivity contribution in [3.63, 3.8) is 0 Å². The van der Waals surface area contributed by atoms with Crippen molar-refractivity contribution >= 4 is 33.1 Å². The van der Waals surface area contributed by atoms with Gasteiger partial charge in [-0.15, -0.1) is 0 Å². The molecule has 1 aliphatic heterocycles. The number of ether oxygens (including phenoxy) is 2. The molecule has 4 rings (SSSR count). The van der Waals surface area contributed by atoms with Gasteiger partial charge in [0, 0.05) is 24.8 Å². The maximum atomic E-state index is 13.2. The fourth-order valence-corrected chi connectivity index (χ4v) is 5.09. The van der Waals surface area contributed by atoms with E-state index >= 15 is 0 Å². The second kappa shape index (κ2) is 10.3. The SMILES string of the molecule is COc1ncc(NC(=O)c2ccnc(N3CCOCC3)c2)cc1S(=O)(=O)Nc1c(C)cccc1C. The van der Waals surface area contributed by atoms with Crippen LogP contribution >= 0.6 is 0 Å². The van der Waals surface area contributed by atoms with Gasteiger partial charge < -0.3 is 19.7 Å². The largest absolute Gasteiger partial charge is 0.480 e. The molecule has 1 fully saturated rings. The van der Waals surface area contributed by atoms with Crippen LogP contribution in [0.25, 0.3) is 0 Å². The Morgan fingerprint density at radius 1 is 1.09 bits per heavy atom. The molecule has 184 valence electrons. The number of para-hydroxylation sites is 1. The van der Waals surface area contributed by atoms with Crippen molar-refractivity contribution < 1.29 is 22.7 Å². The van der Waals surface area contributed by atoms with Crippen molar-refractivity contribution in [3.8, 4) is 5.88 Å². The summed E-state index contributed by atoms with van der Waals surface area (Å²) < 4.78 is 39.7. The summed E-state index contributed by atoms with van der Waals surface area (Å²) in [7, 11) is -2.73. The molecule has 1 saturated heterocycles. The number of sulfonamides is 1. The number of carbonyl (C=O) groups excluding carboxylic acids is 1. The molecule has 0 saturated carbocycles. The lowest BCUT2D eigenvalue weighted by Crippen LogP contribution is -2.36. The number of pyridine rings is 2. The molecule has 3 heterocycles. The van der Waals surface area contributed by atoms with E-state index in [1.807, 2.05) is 36.9 Å². The van der Waals surface area contributed by atoms with Crippen LogP contribution in [-0.4, -0.2) is 57.7 Å². The summed E-state index contributed by atoms with van der Waals surface area (Å²) in [6.07, 6.45) is 2.91. The number of aromatic nitrogens is 2. The van der Waals surface area contributed by atoms with E-state index in [1.54, 1.807) is 18.3 Å². The molecule has 0 bridgehead atoms. The molecule has 0 spiro atoms. The number of benzene rings is 1. The van der Waals surface area contributed by atoms with Crippen LogP contribution in [0.4, 0.5) is 17.2 Å². The predicted octanol–water partition coefficient (Wildman–Crippen LogP) is 2.99. The number of anilines is 3. The monoisotopic (exact) mass is 497 g/mol. The summed E-state index contributed by atoms with van der Waals surface area (Å²) in [5, 5.41) is 2.72. The van der Waals surface area contributed by atoms with Crippen LogP contribution in [0.5, 0.6) is 5.88 Å². The fraction of sp³-hybridized carbons (Fsp3) is 0.292. The number of amides is 1. The van der Waals surface area contributed by atoms with E-state index in [-0.39, 0.29) is 16.5 Å². The average molecular weight is 498 g/mol. The van der Waals surface area contributed by atoms with E-state index < -0.39 is 15.9 Å². The van der Waals surface area contributed by atoms with Gasteiger partial charge >= 0.3 is 0 Å². The first-order valence-corrected chi connectivity index (χ1v) is 12.5. The van der Waals surface area contributed by atoms with Gasteiger partial charge in [0.2, 0.25) is 5.88 Å². The normalized spacial score (nSPS) is 13.9. The van der Waals surface area contributed by atoms with Crippen molar-refractivity contribution in [1.29, 1.82) is 0 Å². The van der Waals surface area contributed by atoms with Crippen LogP contribution in [-0.2, 0) is 14.8 Å². The standard InChI is InChI=1S/C24H27N5O5S/c1-16-5-4-6-17(2)22(16)28-35(31,32)20-14-19(15-26-24(20)33-3)27-23(30)18-7-8-25-21(13-18)29-9-11-34-12-10-29/h4-8,13-15,28H,9-12H2,1-3H3,(H,27,30). The van der Waals surface area contributed by atoms with Crippen LogP contribution in [0, 0.1) is 13.8 Å². The number of aryl methyl sites for hydroxylation is 2. The van der Waals surface area contributed by atoms with Gasteiger partial charge in [0.15, 0.2) is 4.90 Å². The second-order valence-corrected chi connectivity index (χ2v) is 9.71. The highest BCUT2D eigenvalue weighted by molar-refractivity contribution is 7.92. The highest BCUT2D eigenvalue weighted by atomic mass is 32.2. The van der Waals surface area contributed by atoms with Crippen LogP contribution in [0.1, 0.15) is 21.5 Å². The zero-order chi connectivity index (χ0) is 25.0. The molecule has 0 radical (unpaired) electrons. The summed E-state index contributed by atoms with van der Waals surface area (Å²) in [6, 6.07) is 10.1. The van der Waals surface area contributed by atoms with Gasteiger partial charge in [-0.1, -0.05) is 18.2 Å². The third-order valence-electron chi connectivity index (χ3n) is 5.62. The molecule has 1 amide bonds. The molecule has 1 aromatic carbocycles. The molecule has 1 aliphatic rings. The van der Waals surface area contributed by atoms with Gasteiger partial charge in [0.05, 0.1) is 37.9 Å². The first kappa shape index (κ1) is 24.4. The Hall–Kier alpha value is -3.70. The lowest BCUT2D eigenvalue weighted by atomic mass is 10.1. The van der Waals surface area contributed by atoms with E-state index in [4.69, 9.17) is 9.47 Å². The number of methoxy groups -OCH3 is 1. The Labute approximate surface area is 204 Å². The number of hydrogen-bond donors (Lipinski definition) is 2. The Morgan fingerprint density at radius 2 is 1.80 bits per heavy atom. The lowest BCUT2D eigenvalue weighted by Gasteiger charge is -2.27. The average Bonchev–Trinajstić information content (AvgIpc) is 2.87. The summed E-state index contributed by atoms with van der Waals surface area (Å²) in [4.78, 5) is 23.2. The van der Waals surface area contributed by atoms with Gasteiger partial charge in [-0.3, -0.25) is 9.52 Å². The molecule has 2 aromatic heterocycles. The molecule has 10 nitrogen and oxygen atoms in total. The molecule has 0 aliphatic carbocycles. The Morgan fingerprint density at radius 3 is 2.49 bits per heavy atom. The van der Waals surface area contributed by atoms with E-state index in [0.717, 1.165) is 11.1 Å². The molecule has 3 aromatic rings. The number of hydrogen-bond acceptors (Lipinski definition) is 8. The van der Waals surface area contributed by atoms with Crippen molar-refractivity contribution in [2.45, 2.75) is 18.7 Å². The summed E-state index contributed by atoms with van der Waals surface area (Å²) in [5.41, 5.74) is 2.63. The van der Waals surface area contributed by atoms with Gasteiger partial charge in [0.25, 0.3) is 15.9 Å². The first-order chi connectivity index (χ1) is 16.8. The summed E-state index contributed by atoms with van der Waals surface area (Å²) >= 11 is 0. The fourth-order valence-electron chi connectivity index (χ4n) is 3.74. The maximum Gasteiger partial charge on any atom is 0.267 e. The zero-order valence-corrected chi connectivity index (χ0v) is 20.6. The highest BCUT2D eigenvalue weighted by Gasteiger charge is 2.24. The number of nitrogens with one attached hydrogen (secondary N) is 2. The number of morpholine rings is 1. The Kier molecular flexibility index (Phi) is 7.17. The van der Waals surface area contributed by atoms with E-state index in [1.165, 1.54) is 19.4 Å². The molecule has 2 N–H and O–H groups in total. The van der Waals surface area contributed by atoms with Crippen LogP contribution in [0.3, 0.4) is 0 Å². The van der Waals surface area contributed by atoms with Crippen LogP contribution in [0.15, 0.2) is 53.7 Å². The smallest absolute Gasteiger partial charge is 0.267 e. The number of rotatable bonds is 7. The number of carbonyl (C=O) groups is 1. The maximum absolute atomic E-state index is 13.2. The molecule has 0 unspecified atom stereocenters. The minimum absolute atomic E-state index is 0.0831.